The van der Waals surface area contributed by atoms with Crippen molar-refractivity contribution in [3.05, 3.63) is 94.0 Å². The number of halogens is 4. The number of alkyl carbamates (subject to hydrolysis) is 1. The quantitative estimate of drug-likeness (QED) is 0.214. The Bertz CT molecular complexity index is 1780. The molecule has 1 aromatic heterocycles. The molecule has 0 bridgehead atoms. The number of methoxy groups -OCH3 is 1. The van der Waals surface area contributed by atoms with Gasteiger partial charge in [-0.3, -0.25) is 9.78 Å². The summed E-state index contributed by atoms with van der Waals surface area (Å²) in [4.78, 5) is 30.7. The molecule has 0 spiro atoms. The lowest BCUT2D eigenvalue weighted by molar-refractivity contribution is -0.118. The number of rotatable bonds is 10. The highest BCUT2D eigenvalue weighted by atomic mass is 35.5. The molecule has 1 fully saturated rings. The van der Waals surface area contributed by atoms with Gasteiger partial charge in [0.1, 0.15) is 11.9 Å². The summed E-state index contributed by atoms with van der Waals surface area (Å²) in [6.45, 7) is 0.905. The minimum absolute atomic E-state index is 0.00509. The van der Waals surface area contributed by atoms with E-state index in [0.29, 0.717) is 30.4 Å². The zero-order valence-electron chi connectivity index (χ0n) is 26.8. The summed E-state index contributed by atoms with van der Waals surface area (Å²) in [6.07, 6.45) is 7.90. The van der Waals surface area contributed by atoms with Gasteiger partial charge in [-0.05, 0) is 67.1 Å². The molecule has 0 radical (unpaired) electrons. The van der Waals surface area contributed by atoms with Gasteiger partial charge in [0, 0.05) is 59.7 Å². The van der Waals surface area contributed by atoms with Gasteiger partial charge in [-0.15, -0.1) is 6.42 Å². The molecule has 0 aliphatic carbocycles. The molecule has 2 unspecified atom stereocenters. The molecule has 15 heteroatoms. The van der Waals surface area contributed by atoms with E-state index < -0.39 is 57.3 Å². The SMILES string of the molecule is C#CC1CCCS(=O)(=O)NC(CCc2c(F)cccc2NC(=O)[C@@H](NC(=O)OC)[C@@H](c2ccc(Cl)cc2)c2cncc(C(C)(F)F)c2)CN1. The highest BCUT2D eigenvalue weighted by Gasteiger charge is 2.35. The number of benzene rings is 2. The number of nitrogens with one attached hydrogen (secondary N) is 4. The molecule has 10 nitrogen and oxygen atoms in total. The second kappa shape index (κ2) is 16.5. The number of hydrogen-bond acceptors (Lipinski definition) is 7. The number of terminal acetylenes is 1. The van der Waals surface area contributed by atoms with Gasteiger partial charge in [0.15, 0.2) is 0 Å². The van der Waals surface area contributed by atoms with Crippen LogP contribution in [0.1, 0.15) is 54.4 Å². The lowest BCUT2D eigenvalue weighted by atomic mass is 9.84. The second-order valence-electron chi connectivity index (χ2n) is 11.7. The third-order valence-electron chi connectivity index (χ3n) is 8.11. The van der Waals surface area contributed by atoms with Crippen molar-refractivity contribution in [2.75, 3.05) is 24.7 Å². The summed E-state index contributed by atoms with van der Waals surface area (Å²) >= 11 is 6.11. The van der Waals surface area contributed by atoms with Crippen LogP contribution in [0.4, 0.5) is 23.7 Å². The van der Waals surface area contributed by atoms with Crippen molar-refractivity contribution >= 4 is 39.3 Å². The molecule has 49 heavy (non-hydrogen) atoms. The van der Waals surface area contributed by atoms with Gasteiger partial charge in [-0.1, -0.05) is 35.7 Å². The Hall–Kier alpha value is -4.16. The van der Waals surface area contributed by atoms with Gasteiger partial charge in [-0.25, -0.2) is 31.1 Å². The Kier molecular flexibility index (Phi) is 12.7. The summed E-state index contributed by atoms with van der Waals surface area (Å²) in [5.41, 5.74) is 0.310. The van der Waals surface area contributed by atoms with Gasteiger partial charge in [0.05, 0.1) is 18.9 Å². The number of ether oxygens (including phenoxy) is 1. The van der Waals surface area contributed by atoms with E-state index in [0.717, 1.165) is 13.3 Å². The largest absolute Gasteiger partial charge is 0.453 e. The van der Waals surface area contributed by atoms with E-state index in [1.807, 2.05) is 0 Å². The van der Waals surface area contributed by atoms with Gasteiger partial charge < -0.3 is 20.7 Å². The number of pyridine rings is 1. The predicted octanol–water partition coefficient (Wildman–Crippen LogP) is 5.09. The average molecular weight is 720 g/mol. The third-order valence-corrected chi connectivity index (χ3v) is 9.88. The van der Waals surface area contributed by atoms with Crippen molar-refractivity contribution in [2.24, 2.45) is 0 Å². The summed E-state index contributed by atoms with van der Waals surface area (Å²) in [5, 5.41) is 8.71. The van der Waals surface area contributed by atoms with Crippen LogP contribution in [0.15, 0.2) is 60.9 Å². The Labute approximate surface area is 288 Å². The van der Waals surface area contributed by atoms with Crippen LogP contribution in [0.5, 0.6) is 0 Å². The Morgan fingerprint density at radius 2 is 1.92 bits per heavy atom. The first-order valence-corrected chi connectivity index (χ1v) is 17.4. The number of aromatic nitrogens is 1. The number of carbonyl (C=O) groups is 2. The topological polar surface area (TPSA) is 139 Å². The number of anilines is 1. The maximum atomic E-state index is 15.4. The van der Waals surface area contributed by atoms with Gasteiger partial charge in [-0.2, -0.15) is 0 Å². The van der Waals surface area contributed by atoms with Crippen LogP contribution in [0.3, 0.4) is 0 Å². The number of hydrogen-bond donors (Lipinski definition) is 4. The van der Waals surface area contributed by atoms with Gasteiger partial charge in [0.2, 0.25) is 15.9 Å². The standard InChI is InChI=1S/C34H37ClF3N5O5S/c1-4-25-7-6-16-49(46,47)43-26(20-40-25)14-15-27-28(36)8-5-9-29(27)41-32(44)31(42-33(45)48-3)30(21-10-12-24(35)13-11-21)22-17-23(19-39-18-22)34(2,37)38/h1,5,8-13,17-19,25-26,30-31,40,43H,6-7,14-16,20H2,2-3H3,(H,41,44)(H,42,45)/t25?,26?,30-,31-/m0/s1. The molecule has 262 valence electrons. The third kappa shape index (κ3) is 10.4. The van der Waals surface area contributed by atoms with Crippen LogP contribution in [0, 0.1) is 18.2 Å². The van der Waals surface area contributed by atoms with Crippen LogP contribution in [-0.4, -0.2) is 62.9 Å². The van der Waals surface area contributed by atoms with Crippen molar-refractivity contribution in [3.8, 4) is 12.3 Å². The van der Waals surface area contributed by atoms with Crippen LogP contribution in [0.2, 0.25) is 5.02 Å². The van der Waals surface area contributed by atoms with E-state index in [2.05, 4.69) is 31.6 Å². The van der Waals surface area contributed by atoms with E-state index in [-0.39, 0.29) is 48.0 Å². The zero-order chi connectivity index (χ0) is 35.8. The molecule has 4 rings (SSSR count). The van der Waals surface area contributed by atoms with E-state index in [1.54, 1.807) is 24.3 Å². The van der Waals surface area contributed by atoms with Crippen molar-refractivity contribution in [3.63, 3.8) is 0 Å². The second-order valence-corrected chi connectivity index (χ2v) is 14.0. The van der Waals surface area contributed by atoms with Crippen molar-refractivity contribution in [2.45, 2.75) is 62.6 Å². The first-order valence-electron chi connectivity index (χ1n) is 15.4. The molecular weight excluding hydrogens is 683 g/mol. The summed E-state index contributed by atoms with van der Waals surface area (Å²) in [6, 6.07) is 9.02. The van der Waals surface area contributed by atoms with Gasteiger partial charge in [0.25, 0.3) is 5.92 Å². The molecule has 1 aliphatic heterocycles. The normalized spacial score (nSPS) is 19.2. The van der Waals surface area contributed by atoms with E-state index in [9.17, 15) is 26.8 Å². The number of alkyl halides is 2. The molecule has 2 amide bonds. The highest BCUT2D eigenvalue weighted by molar-refractivity contribution is 7.89. The van der Waals surface area contributed by atoms with E-state index in [4.69, 9.17) is 22.8 Å². The van der Waals surface area contributed by atoms with Crippen LogP contribution >= 0.6 is 11.6 Å². The molecule has 4 N–H and O–H groups in total. The monoisotopic (exact) mass is 719 g/mol. The molecule has 2 heterocycles. The van der Waals surface area contributed by atoms with Crippen LogP contribution in [0.25, 0.3) is 0 Å². The molecule has 3 aromatic rings. The smallest absolute Gasteiger partial charge is 0.407 e. The molecule has 1 saturated heterocycles. The molecule has 1 aliphatic rings. The number of sulfonamides is 1. The lowest BCUT2D eigenvalue weighted by Gasteiger charge is -2.28. The zero-order valence-corrected chi connectivity index (χ0v) is 28.4. The fourth-order valence-electron chi connectivity index (χ4n) is 5.58. The van der Waals surface area contributed by atoms with Crippen LogP contribution < -0.4 is 20.7 Å². The van der Waals surface area contributed by atoms with Crippen molar-refractivity contribution in [1.82, 2.24) is 20.3 Å². The van der Waals surface area contributed by atoms with Crippen LogP contribution in [-0.2, 0) is 31.9 Å². The van der Waals surface area contributed by atoms with Crippen molar-refractivity contribution < 1.29 is 35.9 Å². The number of carbonyl (C=O) groups excluding carboxylic acids is 2. The Morgan fingerprint density at radius 1 is 1.18 bits per heavy atom. The minimum atomic E-state index is -3.63. The lowest BCUT2D eigenvalue weighted by Crippen LogP contribution is -2.48. The first kappa shape index (κ1) is 37.7. The number of nitrogens with zero attached hydrogens (tertiary/aromatic N) is 1. The molecule has 0 saturated carbocycles. The fourth-order valence-corrected chi connectivity index (χ4v) is 7.08. The molecular formula is C34H37ClF3N5O5S. The summed E-state index contributed by atoms with van der Waals surface area (Å²) in [5.74, 6) is -3.34. The van der Waals surface area contributed by atoms with E-state index >= 15 is 4.39 Å². The van der Waals surface area contributed by atoms with Gasteiger partial charge >= 0.3 is 6.09 Å². The molecule has 2 aromatic carbocycles. The Morgan fingerprint density at radius 3 is 2.59 bits per heavy atom. The fraction of sp³-hybridized carbons (Fsp3) is 0.382. The van der Waals surface area contributed by atoms with E-state index in [1.165, 1.54) is 30.5 Å². The summed E-state index contributed by atoms with van der Waals surface area (Å²) in [7, 11) is -2.53. The number of amides is 2. The summed E-state index contributed by atoms with van der Waals surface area (Å²) < 4.78 is 76.8. The average Bonchev–Trinajstić information content (AvgIpc) is 3.12. The van der Waals surface area contributed by atoms with Crippen molar-refractivity contribution in [1.29, 1.82) is 0 Å². The predicted molar refractivity (Wildman–Crippen MR) is 180 cm³/mol. The highest BCUT2D eigenvalue weighted by Crippen LogP contribution is 2.34. The molecule has 4 atom stereocenters. The Balaban J connectivity index is 1.69. The maximum Gasteiger partial charge on any atom is 0.407 e. The minimum Gasteiger partial charge on any atom is -0.453 e. The maximum absolute atomic E-state index is 15.4. The first-order chi connectivity index (χ1) is 23.2.